The number of ether oxygens (including phenoxy) is 1. The average Bonchev–Trinajstić information content (AvgIpc) is 2.81. The summed E-state index contributed by atoms with van der Waals surface area (Å²) in [6, 6.07) is 13.7. The van der Waals surface area contributed by atoms with Gasteiger partial charge in [0.2, 0.25) is 0 Å². The number of hydrogen-bond acceptors (Lipinski definition) is 4. The quantitative estimate of drug-likeness (QED) is 0.802. The normalized spacial score (nSPS) is 20.6. The molecule has 2 aromatic carbocycles. The first kappa shape index (κ1) is 18.2. The highest BCUT2D eigenvalue weighted by Crippen LogP contribution is 2.47. The molecule has 1 saturated heterocycles. The Bertz CT molecular complexity index is 968. The van der Waals surface area contributed by atoms with E-state index in [4.69, 9.17) is 4.74 Å². The van der Waals surface area contributed by atoms with Gasteiger partial charge in [0.15, 0.2) is 5.75 Å². The van der Waals surface area contributed by atoms with Gasteiger partial charge in [0, 0.05) is 24.2 Å². The fraction of sp³-hybridized carbons (Fsp3) is 0.300. The summed E-state index contributed by atoms with van der Waals surface area (Å²) in [4.78, 5) is 13.4. The first-order valence-corrected chi connectivity index (χ1v) is 8.82. The van der Waals surface area contributed by atoms with Crippen LogP contribution in [-0.4, -0.2) is 24.7 Å². The topological polar surface area (TPSA) is 65.4 Å². The van der Waals surface area contributed by atoms with Crippen LogP contribution < -0.4 is 15.0 Å². The van der Waals surface area contributed by atoms with Gasteiger partial charge in [-0.05, 0) is 31.0 Å². The van der Waals surface area contributed by atoms with Crippen molar-refractivity contribution in [2.75, 3.05) is 11.4 Å². The minimum atomic E-state index is -4.90. The van der Waals surface area contributed by atoms with Crippen LogP contribution in [0.4, 0.5) is 18.9 Å². The second-order valence-electron chi connectivity index (χ2n) is 6.84. The Balaban J connectivity index is 1.70. The summed E-state index contributed by atoms with van der Waals surface area (Å²) in [5.74, 6) is -0.788. The number of carbonyl (C=O) groups excluding carboxylic acids is 1. The maximum absolute atomic E-state index is 12.6. The molecule has 0 aliphatic carbocycles. The number of hydrogen-bond donors (Lipinski definition) is 1. The van der Waals surface area contributed by atoms with Crippen LogP contribution in [0.2, 0.25) is 0 Å². The highest BCUT2D eigenvalue weighted by molar-refractivity contribution is 5.82. The van der Waals surface area contributed by atoms with E-state index in [0.29, 0.717) is 36.4 Å². The number of rotatable bonds is 1. The van der Waals surface area contributed by atoms with Crippen LogP contribution in [0.3, 0.4) is 0 Å². The SMILES string of the molecule is N#Cc1ccc2c(c1)Oc1ccccc1C1CC(NC(=O)C(F)(F)F)CCN21. The molecule has 2 atom stereocenters. The van der Waals surface area contributed by atoms with Crippen molar-refractivity contribution < 1.29 is 22.7 Å². The highest BCUT2D eigenvalue weighted by Gasteiger charge is 2.42. The van der Waals surface area contributed by atoms with E-state index in [1.807, 2.05) is 18.2 Å². The number of carbonyl (C=O) groups is 1. The number of nitrogens with zero attached hydrogens (tertiary/aromatic N) is 2. The Morgan fingerprint density at radius 3 is 2.75 bits per heavy atom. The molecule has 0 spiro atoms. The summed E-state index contributed by atoms with van der Waals surface area (Å²) in [5.41, 5.74) is 2.07. The molecular weight excluding hydrogens is 371 g/mol. The molecule has 8 heteroatoms. The van der Waals surface area contributed by atoms with Crippen molar-refractivity contribution >= 4 is 11.6 Å². The molecule has 2 aromatic rings. The van der Waals surface area contributed by atoms with E-state index in [9.17, 15) is 23.2 Å². The second kappa shape index (κ2) is 6.75. The third kappa shape index (κ3) is 3.24. The van der Waals surface area contributed by atoms with Gasteiger partial charge in [-0.2, -0.15) is 18.4 Å². The maximum atomic E-state index is 12.6. The average molecular weight is 387 g/mol. The van der Waals surface area contributed by atoms with Crippen molar-refractivity contribution in [3.63, 3.8) is 0 Å². The first-order chi connectivity index (χ1) is 13.4. The Hall–Kier alpha value is -3.21. The van der Waals surface area contributed by atoms with Crippen molar-refractivity contribution in [3.05, 3.63) is 53.6 Å². The molecule has 0 aromatic heterocycles. The predicted octanol–water partition coefficient (Wildman–Crippen LogP) is 4.05. The molecule has 2 aliphatic heterocycles. The van der Waals surface area contributed by atoms with E-state index in [1.165, 1.54) is 0 Å². The van der Waals surface area contributed by atoms with E-state index in [2.05, 4.69) is 16.3 Å². The fourth-order valence-corrected chi connectivity index (χ4v) is 3.82. The molecule has 4 rings (SSSR count). The van der Waals surface area contributed by atoms with Gasteiger partial charge in [0.05, 0.1) is 23.4 Å². The molecule has 28 heavy (non-hydrogen) atoms. The fourth-order valence-electron chi connectivity index (χ4n) is 3.82. The van der Waals surface area contributed by atoms with Gasteiger partial charge in [-0.15, -0.1) is 0 Å². The minimum absolute atomic E-state index is 0.252. The number of fused-ring (bicyclic) bond motifs is 5. The van der Waals surface area contributed by atoms with Gasteiger partial charge >= 0.3 is 12.1 Å². The zero-order valence-corrected chi connectivity index (χ0v) is 14.7. The molecule has 2 unspecified atom stereocenters. The second-order valence-corrected chi connectivity index (χ2v) is 6.84. The number of benzene rings is 2. The number of piperidine rings is 1. The minimum Gasteiger partial charge on any atom is -0.455 e. The summed E-state index contributed by atoms with van der Waals surface area (Å²) in [6.07, 6.45) is -4.20. The Kier molecular flexibility index (Phi) is 4.38. The van der Waals surface area contributed by atoms with Crippen LogP contribution in [0.5, 0.6) is 11.5 Å². The zero-order valence-electron chi connectivity index (χ0n) is 14.7. The molecule has 144 valence electrons. The third-order valence-electron chi connectivity index (χ3n) is 5.09. The molecule has 5 nitrogen and oxygen atoms in total. The van der Waals surface area contributed by atoms with E-state index in [1.54, 1.807) is 24.3 Å². The maximum Gasteiger partial charge on any atom is 0.471 e. The van der Waals surface area contributed by atoms with E-state index < -0.39 is 18.1 Å². The van der Waals surface area contributed by atoms with E-state index >= 15 is 0 Å². The summed E-state index contributed by atoms with van der Waals surface area (Å²) in [6.45, 7) is 0.448. The van der Waals surface area contributed by atoms with Crippen molar-refractivity contribution in [1.82, 2.24) is 5.32 Å². The summed E-state index contributed by atoms with van der Waals surface area (Å²) in [5, 5.41) is 11.3. The number of nitrogens with one attached hydrogen (secondary N) is 1. The van der Waals surface area contributed by atoms with Crippen molar-refractivity contribution in [2.45, 2.75) is 31.1 Å². The lowest BCUT2D eigenvalue weighted by Crippen LogP contribution is -2.49. The standard InChI is InChI=1S/C20H16F3N3O2/c21-20(22,23)19(27)25-13-7-8-26-15-6-5-12(11-24)9-18(15)28-17-4-2-1-3-14(17)16(26)10-13/h1-6,9,13,16H,7-8,10H2,(H,25,27). The predicted molar refractivity (Wildman–Crippen MR) is 95.0 cm³/mol. The summed E-state index contributed by atoms with van der Waals surface area (Å²) in [7, 11) is 0. The third-order valence-corrected chi connectivity index (χ3v) is 5.09. The van der Waals surface area contributed by atoms with E-state index in [-0.39, 0.29) is 6.04 Å². The van der Waals surface area contributed by atoms with Crippen LogP contribution in [0.1, 0.15) is 30.0 Å². The van der Waals surface area contributed by atoms with Crippen LogP contribution in [0.15, 0.2) is 42.5 Å². The van der Waals surface area contributed by atoms with Crippen LogP contribution in [-0.2, 0) is 4.79 Å². The van der Waals surface area contributed by atoms with Gasteiger partial charge in [0.25, 0.3) is 0 Å². The number of halogens is 3. The number of alkyl halides is 3. The number of para-hydroxylation sites is 1. The van der Waals surface area contributed by atoms with Gasteiger partial charge in [-0.3, -0.25) is 4.79 Å². The number of nitriles is 1. The summed E-state index contributed by atoms with van der Waals surface area (Å²) < 4.78 is 44.0. The molecule has 1 amide bonds. The number of amides is 1. The smallest absolute Gasteiger partial charge is 0.455 e. The highest BCUT2D eigenvalue weighted by atomic mass is 19.4. The first-order valence-electron chi connectivity index (χ1n) is 8.82. The lowest BCUT2D eigenvalue weighted by Gasteiger charge is -2.40. The van der Waals surface area contributed by atoms with Crippen LogP contribution in [0.25, 0.3) is 0 Å². The van der Waals surface area contributed by atoms with Crippen molar-refractivity contribution in [1.29, 1.82) is 5.26 Å². The molecule has 2 aliphatic rings. The van der Waals surface area contributed by atoms with E-state index in [0.717, 1.165) is 11.3 Å². The largest absolute Gasteiger partial charge is 0.471 e. The molecule has 0 bridgehead atoms. The summed E-state index contributed by atoms with van der Waals surface area (Å²) >= 11 is 0. The van der Waals surface area contributed by atoms with Crippen molar-refractivity contribution in [3.8, 4) is 17.6 Å². The molecule has 0 radical (unpaired) electrons. The molecular formula is C20H16F3N3O2. The Morgan fingerprint density at radius 1 is 1.21 bits per heavy atom. The lowest BCUT2D eigenvalue weighted by atomic mass is 9.90. The molecule has 2 heterocycles. The van der Waals surface area contributed by atoms with Gasteiger partial charge in [-0.25, -0.2) is 0 Å². The Labute approximate surface area is 159 Å². The molecule has 1 fully saturated rings. The monoisotopic (exact) mass is 387 g/mol. The molecule has 0 saturated carbocycles. The zero-order chi connectivity index (χ0) is 19.9. The van der Waals surface area contributed by atoms with Crippen LogP contribution >= 0.6 is 0 Å². The Morgan fingerprint density at radius 2 is 2.00 bits per heavy atom. The van der Waals surface area contributed by atoms with Crippen molar-refractivity contribution in [2.24, 2.45) is 0 Å². The lowest BCUT2D eigenvalue weighted by molar-refractivity contribution is -0.174. The van der Waals surface area contributed by atoms with Crippen LogP contribution in [0, 0.1) is 11.3 Å². The van der Waals surface area contributed by atoms with Gasteiger partial charge in [-0.1, -0.05) is 18.2 Å². The van der Waals surface area contributed by atoms with Gasteiger partial charge < -0.3 is 15.0 Å². The molecule has 1 N–H and O–H groups in total. The van der Waals surface area contributed by atoms with Gasteiger partial charge in [0.1, 0.15) is 5.75 Å². The number of anilines is 1.